The molecule has 4 N–H and O–H groups in total. The Morgan fingerprint density at radius 1 is 1.02 bits per heavy atom. The molecule has 4 saturated carbocycles. The number of nitrogens with one attached hydrogen (secondary N) is 3. The number of carboxylic acid groups (broad SMARTS) is 1. The van der Waals surface area contributed by atoms with E-state index in [0.717, 1.165) is 0 Å². The Kier molecular flexibility index (Phi) is 5.98. The van der Waals surface area contributed by atoms with E-state index in [0.29, 0.717) is 67.6 Å². The van der Waals surface area contributed by atoms with Crippen LogP contribution < -0.4 is 16.0 Å². The van der Waals surface area contributed by atoms with Gasteiger partial charge in [-0.25, -0.2) is 4.39 Å². The second-order valence-corrected chi connectivity index (χ2v) is 15.0. The molecular weight excluding hydrogens is 580 g/mol. The van der Waals surface area contributed by atoms with Crippen LogP contribution in [0.1, 0.15) is 82.3 Å². The zero-order valence-electron chi connectivity index (χ0n) is 23.6. The highest BCUT2D eigenvalue weighted by molar-refractivity contribution is 6.31. The molecule has 3 atom stereocenters. The predicted molar refractivity (Wildman–Crippen MR) is 157 cm³/mol. The topological polar surface area (TPSA) is 108 Å². The van der Waals surface area contributed by atoms with E-state index in [9.17, 15) is 19.5 Å². The molecule has 2 spiro atoms. The number of hydrogen-bond donors (Lipinski definition) is 4. The van der Waals surface area contributed by atoms with Crippen LogP contribution in [-0.2, 0) is 19.8 Å². The molecule has 2 heterocycles. The Morgan fingerprint density at radius 2 is 1.69 bits per heavy atom. The highest BCUT2D eigenvalue weighted by Crippen LogP contribution is 2.68. The summed E-state index contributed by atoms with van der Waals surface area (Å²) in [7, 11) is 0. The van der Waals surface area contributed by atoms with Crippen LogP contribution in [0, 0.1) is 16.6 Å². The maximum atomic E-state index is 16.0. The summed E-state index contributed by atoms with van der Waals surface area (Å²) in [6, 6.07) is 9.07. The average Bonchev–Trinajstić information content (AvgIpc) is 3.38. The molecule has 10 heteroatoms. The predicted octanol–water partition coefficient (Wildman–Crippen LogP) is 5.93. The molecule has 4 aliphatic carbocycles. The molecule has 42 heavy (non-hydrogen) atoms. The van der Waals surface area contributed by atoms with Crippen molar-refractivity contribution in [1.29, 1.82) is 0 Å². The molecule has 0 radical (unpaired) electrons. The Morgan fingerprint density at radius 3 is 2.31 bits per heavy atom. The second kappa shape index (κ2) is 8.93. The summed E-state index contributed by atoms with van der Waals surface area (Å²) in [5.41, 5.74) is -2.01. The Balaban J connectivity index is 1.36. The SMILES string of the molecule is CC1(C)CC2(C1)N[C@@H](C(=O)NC13CCC(C(=O)O)(CC1)CC3)[C@H](c1cccc(Cl)c1F)[C@]21C(=O)Nc2cc(Cl)ccc21. The summed E-state index contributed by atoms with van der Waals surface area (Å²) in [4.78, 5) is 40.9. The first-order valence-corrected chi connectivity index (χ1v) is 15.4. The van der Waals surface area contributed by atoms with Crippen LogP contribution >= 0.6 is 23.2 Å². The first-order valence-electron chi connectivity index (χ1n) is 14.7. The number of carbonyl (C=O) groups excluding carboxylic acids is 2. The van der Waals surface area contributed by atoms with E-state index < -0.39 is 45.7 Å². The van der Waals surface area contributed by atoms with Gasteiger partial charge in [0, 0.05) is 27.7 Å². The number of benzene rings is 2. The molecule has 6 aliphatic rings. The fourth-order valence-electron chi connectivity index (χ4n) is 9.52. The number of carboxylic acids is 1. The molecule has 222 valence electrons. The van der Waals surface area contributed by atoms with Crippen LogP contribution in [0.25, 0.3) is 0 Å². The molecule has 2 aromatic carbocycles. The van der Waals surface area contributed by atoms with Gasteiger partial charge in [-0.05, 0) is 86.1 Å². The quantitative estimate of drug-likeness (QED) is 0.342. The molecule has 2 amide bonds. The summed E-state index contributed by atoms with van der Waals surface area (Å²) in [6.07, 6.45) is 4.43. The summed E-state index contributed by atoms with van der Waals surface area (Å²) in [6.45, 7) is 4.26. The number of amides is 2. The molecule has 8 rings (SSSR count). The Hall–Kier alpha value is -2.68. The lowest BCUT2D eigenvalue weighted by atomic mass is 9.46. The fourth-order valence-corrected chi connectivity index (χ4v) is 9.87. The minimum Gasteiger partial charge on any atom is -0.481 e. The standard InChI is InChI=1S/C32H34Cl2FN3O4/c1-28(2)15-31(16-28)32(19-7-6-17(33)14-21(19)36-26(32)40)22(18-4-3-5-20(34)23(18)35)24(37-31)25(39)38-30-11-8-29(9-12-30,10-13-30)27(41)42/h3-7,14,22,24,37H,8-13,15-16H2,1-2H3,(H,36,40)(H,38,39)(H,41,42)/t22-,24+,29?,30?,32+/m0/s1. The molecule has 0 aromatic heterocycles. The van der Waals surface area contributed by atoms with Crippen LogP contribution in [0.2, 0.25) is 10.0 Å². The minimum absolute atomic E-state index is 0.0744. The first-order chi connectivity index (χ1) is 19.8. The van der Waals surface area contributed by atoms with Gasteiger partial charge in [0.15, 0.2) is 0 Å². The largest absolute Gasteiger partial charge is 0.481 e. The molecule has 2 bridgehead atoms. The van der Waals surface area contributed by atoms with Crippen molar-refractivity contribution in [3.05, 3.63) is 63.4 Å². The lowest BCUT2D eigenvalue weighted by molar-refractivity contribution is -0.157. The summed E-state index contributed by atoms with van der Waals surface area (Å²) in [5.74, 6) is -2.91. The molecule has 5 fully saturated rings. The monoisotopic (exact) mass is 613 g/mol. The molecule has 2 aromatic rings. The molecular formula is C32H34Cl2FN3O4. The number of hydrogen-bond acceptors (Lipinski definition) is 4. The van der Waals surface area contributed by atoms with Gasteiger partial charge in [0.2, 0.25) is 11.8 Å². The summed E-state index contributed by atoms with van der Waals surface area (Å²) >= 11 is 12.7. The van der Waals surface area contributed by atoms with Gasteiger partial charge >= 0.3 is 5.97 Å². The molecule has 1 saturated heterocycles. The molecule has 7 nitrogen and oxygen atoms in total. The summed E-state index contributed by atoms with van der Waals surface area (Å²) in [5, 5.41) is 20.2. The number of halogens is 3. The van der Waals surface area contributed by atoms with E-state index in [4.69, 9.17) is 23.2 Å². The van der Waals surface area contributed by atoms with Gasteiger partial charge in [-0.3, -0.25) is 19.7 Å². The average molecular weight is 615 g/mol. The van der Waals surface area contributed by atoms with Crippen molar-refractivity contribution < 1.29 is 23.9 Å². The third-order valence-corrected chi connectivity index (χ3v) is 11.8. The Bertz CT molecular complexity index is 1530. The smallest absolute Gasteiger partial charge is 0.309 e. The van der Waals surface area contributed by atoms with Crippen molar-refractivity contribution >= 4 is 46.7 Å². The lowest BCUT2D eigenvalue weighted by Gasteiger charge is -2.58. The number of rotatable bonds is 4. The van der Waals surface area contributed by atoms with Crippen LogP contribution in [0.3, 0.4) is 0 Å². The van der Waals surface area contributed by atoms with Gasteiger partial charge < -0.3 is 15.7 Å². The van der Waals surface area contributed by atoms with Crippen molar-refractivity contribution in [3.8, 4) is 0 Å². The first kappa shape index (κ1) is 28.1. The number of carbonyl (C=O) groups is 3. The lowest BCUT2D eigenvalue weighted by Crippen LogP contribution is -2.68. The maximum Gasteiger partial charge on any atom is 0.309 e. The number of fused-ring (bicyclic) bond motifs is 6. The van der Waals surface area contributed by atoms with E-state index in [1.165, 1.54) is 6.07 Å². The highest BCUT2D eigenvalue weighted by atomic mass is 35.5. The maximum absolute atomic E-state index is 16.0. The van der Waals surface area contributed by atoms with Crippen LogP contribution in [-0.4, -0.2) is 40.0 Å². The van der Waals surface area contributed by atoms with Gasteiger partial charge in [-0.15, -0.1) is 0 Å². The van der Waals surface area contributed by atoms with Crippen LogP contribution in [0.15, 0.2) is 36.4 Å². The van der Waals surface area contributed by atoms with E-state index in [-0.39, 0.29) is 27.8 Å². The molecule has 0 unspecified atom stereocenters. The van der Waals surface area contributed by atoms with E-state index in [2.05, 4.69) is 29.8 Å². The normalized spacial score (nSPS) is 35.1. The number of anilines is 1. The van der Waals surface area contributed by atoms with Crippen molar-refractivity contribution in [2.45, 2.75) is 93.7 Å². The fraction of sp³-hybridized carbons (Fsp3) is 0.531. The van der Waals surface area contributed by atoms with Crippen molar-refractivity contribution in [2.24, 2.45) is 10.8 Å². The van der Waals surface area contributed by atoms with Crippen molar-refractivity contribution in [2.75, 3.05) is 5.32 Å². The Labute approximate surface area is 253 Å². The zero-order valence-corrected chi connectivity index (χ0v) is 25.1. The van der Waals surface area contributed by atoms with Gasteiger partial charge in [-0.2, -0.15) is 0 Å². The van der Waals surface area contributed by atoms with E-state index in [1.807, 2.05) is 6.07 Å². The van der Waals surface area contributed by atoms with E-state index in [1.54, 1.807) is 24.3 Å². The van der Waals surface area contributed by atoms with Gasteiger partial charge in [0.25, 0.3) is 0 Å². The van der Waals surface area contributed by atoms with Gasteiger partial charge in [-0.1, -0.05) is 55.2 Å². The third-order valence-electron chi connectivity index (χ3n) is 11.2. The number of aliphatic carboxylic acids is 1. The van der Waals surface area contributed by atoms with Gasteiger partial charge in [0.05, 0.1) is 16.5 Å². The molecule has 2 aliphatic heterocycles. The highest BCUT2D eigenvalue weighted by Gasteiger charge is 2.76. The van der Waals surface area contributed by atoms with Gasteiger partial charge in [0.1, 0.15) is 11.2 Å². The third kappa shape index (κ3) is 3.64. The van der Waals surface area contributed by atoms with E-state index >= 15 is 4.39 Å². The van der Waals surface area contributed by atoms with Crippen LogP contribution in [0.5, 0.6) is 0 Å². The van der Waals surface area contributed by atoms with Crippen LogP contribution in [0.4, 0.5) is 10.1 Å². The zero-order chi connectivity index (χ0) is 29.9. The van der Waals surface area contributed by atoms with Crippen molar-refractivity contribution in [1.82, 2.24) is 10.6 Å². The van der Waals surface area contributed by atoms with Crippen molar-refractivity contribution in [3.63, 3.8) is 0 Å². The summed E-state index contributed by atoms with van der Waals surface area (Å²) < 4.78 is 16.0. The minimum atomic E-state index is -1.30. The second-order valence-electron chi connectivity index (χ2n) is 14.1.